The van der Waals surface area contributed by atoms with Crippen molar-refractivity contribution < 1.29 is 23.5 Å². The van der Waals surface area contributed by atoms with E-state index in [0.29, 0.717) is 5.69 Å². The van der Waals surface area contributed by atoms with Crippen LogP contribution in [0.5, 0.6) is 5.75 Å². The molecule has 1 aliphatic heterocycles. The summed E-state index contributed by atoms with van der Waals surface area (Å²) < 4.78 is 23.7. The Morgan fingerprint density at radius 3 is 2.86 bits per heavy atom. The van der Waals surface area contributed by atoms with Gasteiger partial charge >= 0.3 is 6.09 Å². The van der Waals surface area contributed by atoms with E-state index in [1.165, 1.54) is 18.1 Å². The Labute approximate surface area is 127 Å². The molecule has 0 aromatic carbocycles. The first-order chi connectivity index (χ1) is 10.2. The van der Waals surface area contributed by atoms with Gasteiger partial charge in [0.15, 0.2) is 0 Å². The van der Waals surface area contributed by atoms with E-state index in [4.69, 9.17) is 9.47 Å². The van der Waals surface area contributed by atoms with E-state index < -0.39 is 29.6 Å². The lowest BCUT2D eigenvalue weighted by Gasteiger charge is -2.23. The van der Waals surface area contributed by atoms with Gasteiger partial charge in [0.2, 0.25) is 5.95 Å². The van der Waals surface area contributed by atoms with E-state index in [2.05, 4.69) is 10.3 Å². The number of anilines is 1. The van der Waals surface area contributed by atoms with E-state index in [9.17, 15) is 14.0 Å². The predicted octanol–water partition coefficient (Wildman–Crippen LogP) is 1.47. The molecule has 22 heavy (non-hydrogen) atoms. The van der Waals surface area contributed by atoms with E-state index in [-0.39, 0.29) is 12.4 Å². The van der Waals surface area contributed by atoms with Crippen LogP contribution in [0.4, 0.5) is 14.9 Å². The van der Waals surface area contributed by atoms with E-state index >= 15 is 0 Å². The lowest BCUT2D eigenvalue weighted by atomic mass is 10.2. The molecule has 0 unspecified atom stereocenters. The zero-order chi connectivity index (χ0) is 16.5. The van der Waals surface area contributed by atoms with Gasteiger partial charge in [-0.1, -0.05) is 0 Å². The third-order valence-electron chi connectivity index (χ3n) is 2.90. The minimum Gasteiger partial charge on any atom is -0.488 e. The average Bonchev–Trinajstić information content (AvgIpc) is 2.49. The summed E-state index contributed by atoms with van der Waals surface area (Å²) >= 11 is 0. The number of carbonyl (C=O) groups excluding carboxylic acids is 2. The van der Waals surface area contributed by atoms with Crippen molar-refractivity contribution in [3.63, 3.8) is 0 Å². The Hall–Kier alpha value is -2.38. The summed E-state index contributed by atoms with van der Waals surface area (Å²) in [5.74, 6) is -0.923. The number of carbonyl (C=O) groups is 2. The SMILES string of the molecule is CN1C(=O)[C@@H](NC(=O)OC(C)(C)C)COc2cc(F)ncc21. The molecule has 1 aliphatic rings. The van der Waals surface area contributed by atoms with Crippen molar-refractivity contribution in [3.8, 4) is 5.75 Å². The van der Waals surface area contributed by atoms with Gasteiger partial charge in [0, 0.05) is 13.1 Å². The first-order valence-corrected chi connectivity index (χ1v) is 6.73. The van der Waals surface area contributed by atoms with E-state index in [1.807, 2.05) is 0 Å². The van der Waals surface area contributed by atoms with Crippen LogP contribution in [-0.2, 0) is 9.53 Å². The van der Waals surface area contributed by atoms with Gasteiger partial charge in [-0.15, -0.1) is 0 Å². The molecule has 1 aromatic rings. The first kappa shape index (κ1) is 16.0. The largest absolute Gasteiger partial charge is 0.488 e. The molecule has 2 rings (SSSR count). The Morgan fingerprint density at radius 2 is 2.23 bits per heavy atom. The number of ether oxygens (including phenoxy) is 2. The number of hydrogen-bond donors (Lipinski definition) is 1. The predicted molar refractivity (Wildman–Crippen MR) is 76.3 cm³/mol. The quantitative estimate of drug-likeness (QED) is 0.794. The van der Waals surface area contributed by atoms with Crippen LogP contribution in [0.3, 0.4) is 0 Å². The van der Waals surface area contributed by atoms with Crippen LogP contribution in [0.2, 0.25) is 0 Å². The second-order valence-electron chi connectivity index (χ2n) is 5.88. The molecule has 2 heterocycles. The Balaban J connectivity index is 2.14. The summed E-state index contributed by atoms with van der Waals surface area (Å²) in [6.07, 6.45) is 0.483. The molecule has 0 bridgehead atoms. The van der Waals surface area contributed by atoms with Gasteiger partial charge < -0.3 is 19.7 Å². The molecule has 1 atom stereocenters. The fourth-order valence-corrected chi connectivity index (χ4v) is 1.92. The smallest absolute Gasteiger partial charge is 0.408 e. The van der Waals surface area contributed by atoms with Gasteiger partial charge in [0.05, 0.1) is 6.20 Å². The summed E-state index contributed by atoms with van der Waals surface area (Å²) in [6, 6.07) is 0.157. The van der Waals surface area contributed by atoms with Gasteiger partial charge in [-0.3, -0.25) is 4.79 Å². The van der Waals surface area contributed by atoms with Crippen molar-refractivity contribution in [1.82, 2.24) is 10.3 Å². The van der Waals surface area contributed by atoms with Crippen LogP contribution in [0.15, 0.2) is 12.3 Å². The molecule has 0 spiro atoms. The minimum absolute atomic E-state index is 0.126. The number of fused-ring (bicyclic) bond motifs is 1. The highest BCUT2D eigenvalue weighted by atomic mass is 19.1. The van der Waals surface area contributed by atoms with Crippen molar-refractivity contribution in [3.05, 3.63) is 18.2 Å². The van der Waals surface area contributed by atoms with Crippen LogP contribution in [0.1, 0.15) is 20.8 Å². The molecule has 0 fully saturated rings. The van der Waals surface area contributed by atoms with Crippen LogP contribution in [0, 0.1) is 5.95 Å². The number of halogens is 1. The Morgan fingerprint density at radius 1 is 1.55 bits per heavy atom. The third-order valence-corrected chi connectivity index (χ3v) is 2.90. The highest BCUT2D eigenvalue weighted by Crippen LogP contribution is 2.29. The molecule has 0 radical (unpaired) electrons. The zero-order valence-electron chi connectivity index (χ0n) is 12.8. The van der Waals surface area contributed by atoms with Crippen molar-refractivity contribution in [1.29, 1.82) is 0 Å². The van der Waals surface area contributed by atoms with Crippen molar-refractivity contribution in [2.75, 3.05) is 18.6 Å². The number of nitrogens with zero attached hydrogens (tertiary/aromatic N) is 2. The van der Waals surface area contributed by atoms with Gasteiger partial charge in [-0.05, 0) is 20.8 Å². The second kappa shape index (κ2) is 5.78. The second-order valence-corrected chi connectivity index (χ2v) is 5.88. The molecule has 2 amide bonds. The summed E-state index contributed by atoms with van der Waals surface area (Å²) in [5, 5.41) is 2.45. The minimum atomic E-state index is -0.935. The van der Waals surface area contributed by atoms with Crippen molar-refractivity contribution in [2.45, 2.75) is 32.4 Å². The molecular formula is C14H18FN3O4. The number of likely N-dealkylation sites (N-methyl/N-ethyl adjacent to an activating group) is 1. The van der Waals surface area contributed by atoms with Gasteiger partial charge in [0.1, 0.15) is 29.7 Å². The maximum absolute atomic E-state index is 13.2. The van der Waals surface area contributed by atoms with Gasteiger partial charge in [-0.2, -0.15) is 4.39 Å². The molecule has 1 aromatic heterocycles. The van der Waals surface area contributed by atoms with Crippen molar-refractivity contribution >= 4 is 17.7 Å². The van der Waals surface area contributed by atoms with Crippen molar-refractivity contribution in [2.24, 2.45) is 0 Å². The number of hydrogen-bond acceptors (Lipinski definition) is 5. The fraction of sp³-hybridized carbons (Fsp3) is 0.500. The molecule has 1 N–H and O–H groups in total. The van der Waals surface area contributed by atoms with Crippen LogP contribution >= 0.6 is 0 Å². The summed E-state index contributed by atoms with van der Waals surface area (Å²) in [4.78, 5) is 28.9. The van der Waals surface area contributed by atoms with Crippen LogP contribution < -0.4 is 15.0 Å². The lowest BCUT2D eigenvalue weighted by Crippen LogP contribution is -2.50. The average molecular weight is 311 g/mol. The highest BCUT2D eigenvalue weighted by Gasteiger charge is 2.32. The van der Waals surface area contributed by atoms with E-state index in [0.717, 1.165) is 6.07 Å². The number of pyridine rings is 1. The molecule has 0 saturated carbocycles. The van der Waals surface area contributed by atoms with Gasteiger partial charge in [-0.25, -0.2) is 9.78 Å². The number of alkyl carbamates (subject to hydrolysis) is 1. The third kappa shape index (κ3) is 3.63. The fourth-order valence-electron chi connectivity index (χ4n) is 1.92. The maximum atomic E-state index is 13.2. The maximum Gasteiger partial charge on any atom is 0.408 e. The molecule has 0 saturated heterocycles. The summed E-state index contributed by atoms with van der Waals surface area (Å²) in [6.45, 7) is 5.02. The summed E-state index contributed by atoms with van der Waals surface area (Å²) in [5.41, 5.74) is -0.347. The number of nitrogens with one attached hydrogen (secondary N) is 1. The van der Waals surface area contributed by atoms with Crippen LogP contribution in [-0.4, -0.2) is 42.3 Å². The van der Waals surface area contributed by atoms with Gasteiger partial charge in [0.25, 0.3) is 5.91 Å². The Kier molecular flexibility index (Phi) is 4.20. The number of aromatic nitrogens is 1. The monoisotopic (exact) mass is 311 g/mol. The standard InChI is InChI=1S/C14H18FN3O4/c1-14(2,3)22-13(20)17-8-7-21-10-5-11(15)16-6-9(10)18(4)12(8)19/h5-6,8H,7H2,1-4H3,(H,17,20)/t8-/m0/s1. The zero-order valence-corrected chi connectivity index (χ0v) is 12.8. The molecule has 8 heteroatoms. The number of amides is 2. The molecule has 7 nitrogen and oxygen atoms in total. The summed E-state index contributed by atoms with van der Waals surface area (Å²) in [7, 11) is 1.50. The molecule has 0 aliphatic carbocycles. The normalized spacial score (nSPS) is 18.1. The Bertz CT molecular complexity index is 600. The lowest BCUT2D eigenvalue weighted by molar-refractivity contribution is -0.120. The highest BCUT2D eigenvalue weighted by molar-refractivity contribution is 6.00. The number of rotatable bonds is 1. The topological polar surface area (TPSA) is 80.8 Å². The van der Waals surface area contributed by atoms with Crippen LogP contribution in [0.25, 0.3) is 0 Å². The molecular weight excluding hydrogens is 293 g/mol. The van der Waals surface area contributed by atoms with E-state index in [1.54, 1.807) is 20.8 Å². The molecule has 120 valence electrons. The first-order valence-electron chi connectivity index (χ1n) is 6.73.